The number of amides is 1. The Hall–Kier alpha value is -2.18. The summed E-state index contributed by atoms with van der Waals surface area (Å²) in [5.41, 5.74) is 0.438. The van der Waals surface area contributed by atoms with Crippen LogP contribution in [-0.2, 0) is 11.8 Å². The fraction of sp³-hybridized carbons (Fsp3) is 0.600. The summed E-state index contributed by atoms with van der Waals surface area (Å²) in [5, 5.41) is 4.57. The van der Waals surface area contributed by atoms with Crippen LogP contribution in [0.25, 0.3) is 11.0 Å². The van der Waals surface area contributed by atoms with E-state index in [1.54, 1.807) is 11.7 Å². The van der Waals surface area contributed by atoms with E-state index < -0.39 is 0 Å². The largest absolute Gasteiger partial charge is 0.341 e. The van der Waals surface area contributed by atoms with Crippen molar-refractivity contribution in [3.05, 3.63) is 22.4 Å². The van der Waals surface area contributed by atoms with Crippen molar-refractivity contribution in [1.82, 2.24) is 24.6 Å². The van der Waals surface area contributed by atoms with E-state index >= 15 is 0 Å². The molecule has 0 atom stereocenters. The zero-order valence-electron chi connectivity index (χ0n) is 12.6. The van der Waals surface area contributed by atoms with E-state index in [4.69, 9.17) is 0 Å². The van der Waals surface area contributed by atoms with Crippen LogP contribution in [0.15, 0.2) is 11.0 Å². The molecule has 1 aliphatic heterocycles. The van der Waals surface area contributed by atoms with Gasteiger partial charge in [0.2, 0.25) is 5.91 Å². The maximum absolute atomic E-state index is 12.3. The highest BCUT2D eigenvalue weighted by atomic mass is 16.2. The summed E-state index contributed by atoms with van der Waals surface area (Å²) in [6, 6.07) is 0. The number of aromatic nitrogens is 4. The Labute approximate surface area is 127 Å². The number of carbonyl (C=O) groups is 1. The quantitative estimate of drug-likeness (QED) is 0.888. The molecule has 2 aromatic heterocycles. The number of aromatic amines is 1. The molecule has 1 N–H and O–H groups in total. The summed E-state index contributed by atoms with van der Waals surface area (Å²) >= 11 is 0. The molecule has 0 spiro atoms. The van der Waals surface area contributed by atoms with Gasteiger partial charge in [0, 0.05) is 26.1 Å². The average molecular weight is 301 g/mol. The van der Waals surface area contributed by atoms with Gasteiger partial charge >= 0.3 is 0 Å². The third-order valence-corrected chi connectivity index (χ3v) is 4.90. The second-order valence-electron chi connectivity index (χ2n) is 6.38. The summed E-state index contributed by atoms with van der Waals surface area (Å²) in [7, 11) is 1.77. The smallest absolute Gasteiger partial charge is 0.262 e. The topological polar surface area (TPSA) is 83.9 Å². The summed E-state index contributed by atoms with van der Waals surface area (Å²) in [4.78, 5) is 33.6. The van der Waals surface area contributed by atoms with Gasteiger partial charge in [0.05, 0.1) is 12.1 Å². The van der Waals surface area contributed by atoms with E-state index in [1.165, 1.54) is 19.0 Å². The maximum atomic E-state index is 12.3. The molecule has 1 saturated carbocycles. The first-order chi connectivity index (χ1) is 10.6. The van der Waals surface area contributed by atoms with Gasteiger partial charge < -0.3 is 9.88 Å². The molecule has 1 saturated heterocycles. The number of carbonyl (C=O) groups excluding carboxylic acids is 1. The molecule has 1 aliphatic carbocycles. The lowest BCUT2D eigenvalue weighted by Gasteiger charge is -2.39. The zero-order valence-corrected chi connectivity index (χ0v) is 12.6. The summed E-state index contributed by atoms with van der Waals surface area (Å²) < 4.78 is 1.61. The number of hydrogen-bond acceptors (Lipinski definition) is 4. The van der Waals surface area contributed by atoms with Crippen molar-refractivity contribution in [2.45, 2.75) is 31.6 Å². The number of fused-ring (bicyclic) bond motifs is 1. The van der Waals surface area contributed by atoms with Crippen molar-refractivity contribution in [1.29, 1.82) is 0 Å². The molecular weight excluding hydrogens is 282 g/mol. The van der Waals surface area contributed by atoms with Crippen LogP contribution in [0.4, 0.5) is 0 Å². The van der Waals surface area contributed by atoms with Crippen LogP contribution in [0.5, 0.6) is 0 Å². The first kappa shape index (κ1) is 13.5. The van der Waals surface area contributed by atoms with Crippen LogP contribution < -0.4 is 5.56 Å². The van der Waals surface area contributed by atoms with Gasteiger partial charge in [-0.05, 0) is 12.8 Å². The minimum Gasteiger partial charge on any atom is -0.341 e. The monoisotopic (exact) mass is 301 g/mol. The van der Waals surface area contributed by atoms with Crippen LogP contribution in [0.2, 0.25) is 0 Å². The highest BCUT2D eigenvalue weighted by Crippen LogP contribution is 2.31. The highest BCUT2D eigenvalue weighted by Gasteiger charge is 2.37. The lowest BCUT2D eigenvalue weighted by atomic mass is 9.95. The molecule has 116 valence electrons. The fourth-order valence-electron chi connectivity index (χ4n) is 3.51. The SMILES string of the molecule is Cn1ncc2c(=O)[nH]c(C3CN(C(=O)C4CCCC4)C3)nc21. The second kappa shape index (κ2) is 4.93. The molecule has 22 heavy (non-hydrogen) atoms. The van der Waals surface area contributed by atoms with Crippen LogP contribution in [0.3, 0.4) is 0 Å². The minimum atomic E-state index is -0.159. The molecule has 7 heteroatoms. The first-order valence-corrected chi connectivity index (χ1v) is 7.84. The molecule has 0 bridgehead atoms. The van der Waals surface area contributed by atoms with Crippen molar-refractivity contribution in [2.24, 2.45) is 13.0 Å². The zero-order chi connectivity index (χ0) is 15.3. The molecule has 1 amide bonds. The molecular formula is C15H19N5O2. The molecule has 0 aromatic carbocycles. The third kappa shape index (κ3) is 2.03. The van der Waals surface area contributed by atoms with E-state index in [0.29, 0.717) is 29.9 Å². The van der Waals surface area contributed by atoms with Gasteiger partial charge in [-0.1, -0.05) is 12.8 Å². The summed E-state index contributed by atoms with van der Waals surface area (Å²) in [5.74, 6) is 1.28. The van der Waals surface area contributed by atoms with Gasteiger partial charge in [0.15, 0.2) is 5.65 Å². The van der Waals surface area contributed by atoms with Crippen molar-refractivity contribution in [3.8, 4) is 0 Å². The predicted molar refractivity (Wildman–Crippen MR) is 80.4 cm³/mol. The van der Waals surface area contributed by atoms with Gasteiger partial charge in [0.25, 0.3) is 5.56 Å². The molecule has 4 rings (SSSR count). The van der Waals surface area contributed by atoms with E-state index in [-0.39, 0.29) is 23.3 Å². The number of hydrogen-bond donors (Lipinski definition) is 1. The van der Waals surface area contributed by atoms with Crippen LogP contribution in [0, 0.1) is 5.92 Å². The van der Waals surface area contributed by atoms with Crippen LogP contribution in [0.1, 0.15) is 37.4 Å². The van der Waals surface area contributed by atoms with Gasteiger partial charge in [-0.3, -0.25) is 14.3 Å². The predicted octanol–water partition coefficient (Wildman–Crippen LogP) is 0.773. The molecule has 2 fully saturated rings. The lowest BCUT2D eigenvalue weighted by Crippen LogP contribution is -2.51. The normalized spacial score (nSPS) is 19.8. The summed E-state index contributed by atoms with van der Waals surface area (Å²) in [6.45, 7) is 1.31. The Bertz CT molecular complexity index is 781. The van der Waals surface area contributed by atoms with Crippen molar-refractivity contribution >= 4 is 16.9 Å². The number of likely N-dealkylation sites (tertiary alicyclic amines) is 1. The molecule has 0 radical (unpaired) electrons. The summed E-state index contributed by atoms with van der Waals surface area (Å²) in [6.07, 6.45) is 5.91. The van der Waals surface area contributed by atoms with Gasteiger partial charge in [-0.15, -0.1) is 0 Å². The Morgan fingerprint density at radius 3 is 2.77 bits per heavy atom. The molecule has 0 unspecified atom stereocenters. The molecule has 7 nitrogen and oxygen atoms in total. The number of nitrogens with zero attached hydrogens (tertiary/aromatic N) is 4. The minimum absolute atomic E-state index is 0.123. The Morgan fingerprint density at radius 2 is 2.05 bits per heavy atom. The van der Waals surface area contributed by atoms with E-state index in [1.807, 2.05) is 4.90 Å². The number of H-pyrrole nitrogens is 1. The van der Waals surface area contributed by atoms with Crippen molar-refractivity contribution < 1.29 is 4.79 Å². The van der Waals surface area contributed by atoms with E-state index in [9.17, 15) is 9.59 Å². The van der Waals surface area contributed by atoms with E-state index in [0.717, 1.165) is 12.8 Å². The van der Waals surface area contributed by atoms with E-state index in [2.05, 4.69) is 15.1 Å². The molecule has 3 heterocycles. The fourth-order valence-corrected chi connectivity index (χ4v) is 3.51. The maximum Gasteiger partial charge on any atom is 0.262 e. The number of rotatable bonds is 2. The highest BCUT2D eigenvalue weighted by molar-refractivity contribution is 5.80. The van der Waals surface area contributed by atoms with Gasteiger partial charge in [-0.25, -0.2) is 4.98 Å². The Balaban J connectivity index is 1.51. The lowest BCUT2D eigenvalue weighted by molar-refractivity contribution is -0.140. The number of aryl methyl sites for hydroxylation is 1. The van der Waals surface area contributed by atoms with Crippen molar-refractivity contribution in [2.75, 3.05) is 13.1 Å². The second-order valence-corrected chi connectivity index (χ2v) is 6.38. The third-order valence-electron chi connectivity index (χ3n) is 4.90. The van der Waals surface area contributed by atoms with Crippen LogP contribution >= 0.6 is 0 Å². The first-order valence-electron chi connectivity index (χ1n) is 7.84. The van der Waals surface area contributed by atoms with Gasteiger partial charge in [-0.2, -0.15) is 5.10 Å². The Morgan fingerprint density at radius 1 is 1.32 bits per heavy atom. The molecule has 2 aliphatic rings. The van der Waals surface area contributed by atoms with Crippen LogP contribution in [-0.4, -0.2) is 43.6 Å². The Kier molecular flexibility index (Phi) is 3.02. The molecule has 2 aromatic rings. The van der Waals surface area contributed by atoms with Crippen molar-refractivity contribution in [3.63, 3.8) is 0 Å². The van der Waals surface area contributed by atoms with Gasteiger partial charge in [0.1, 0.15) is 11.2 Å². The number of nitrogens with one attached hydrogen (secondary N) is 1. The standard InChI is InChI=1S/C15H19N5O2/c1-19-13-11(6-16-19)14(21)18-12(17-13)10-7-20(8-10)15(22)9-4-2-3-5-9/h6,9-10H,2-5,7-8H2,1H3,(H,17,18,21). The average Bonchev–Trinajstić information content (AvgIpc) is 3.08.